The number of amides is 2. The van der Waals surface area contributed by atoms with E-state index in [9.17, 15) is 9.59 Å². The Labute approximate surface area is 137 Å². The van der Waals surface area contributed by atoms with E-state index < -0.39 is 0 Å². The Balaban J connectivity index is 1.62. The summed E-state index contributed by atoms with van der Waals surface area (Å²) in [5.41, 5.74) is 0. The maximum atomic E-state index is 11.6. The van der Waals surface area contributed by atoms with Crippen LogP contribution < -0.4 is 15.4 Å². The molecule has 116 valence electrons. The number of thiophene rings is 1. The molecule has 0 saturated carbocycles. The Hall–Kier alpha value is -2.05. The number of carbonyl (C=O) groups is 2. The smallest absolute Gasteiger partial charge is 0.261 e. The second-order valence-corrected chi connectivity index (χ2v) is 5.66. The Morgan fingerprint density at radius 2 is 1.86 bits per heavy atom. The summed E-state index contributed by atoms with van der Waals surface area (Å²) in [5.74, 6) is 0.0483. The highest BCUT2D eigenvalue weighted by molar-refractivity contribution is 7.12. The van der Waals surface area contributed by atoms with Crippen LogP contribution in [0.15, 0.2) is 41.8 Å². The van der Waals surface area contributed by atoms with Crippen molar-refractivity contribution in [2.45, 2.75) is 0 Å². The number of halogens is 1. The van der Waals surface area contributed by atoms with Crippen molar-refractivity contribution in [3.8, 4) is 5.75 Å². The van der Waals surface area contributed by atoms with Crippen molar-refractivity contribution < 1.29 is 14.3 Å². The van der Waals surface area contributed by atoms with Gasteiger partial charge in [-0.3, -0.25) is 9.59 Å². The van der Waals surface area contributed by atoms with Gasteiger partial charge in [-0.2, -0.15) is 0 Å². The molecule has 0 aliphatic rings. The molecule has 0 fully saturated rings. The van der Waals surface area contributed by atoms with Crippen LogP contribution in [-0.2, 0) is 4.79 Å². The van der Waals surface area contributed by atoms with Crippen molar-refractivity contribution in [3.05, 3.63) is 51.7 Å². The number of benzene rings is 1. The molecule has 22 heavy (non-hydrogen) atoms. The Bertz CT molecular complexity index is 631. The highest BCUT2D eigenvalue weighted by Crippen LogP contribution is 2.22. The average Bonchev–Trinajstić information content (AvgIpc) is 3.05. The molecule has 2 rings (SSSR count). The van der Waals surface area contributed by atoms with Crippen molar-refractivity contribution >= 4 is 34.8 Å². The van der Waals surface area contributed by atoms with Gasteiger partial charge in [-0.1, -0.05) is 29.8 Å². The number of carbonyl (C=O) groups excluding carboxylic acids is 2. The van der Waals surface area contributed by atoms with Gasteiger partial charge in [0.15, 0.2) is 6.61 Å². The second kappa shape index (κ2) is 8.41. The molecule has 0 saturated heterocycles. The van der Waals surface area contributed by atoms with E-state index in [1.807, 2.05) is 11.4 Å². The van der Waals surface area contributed by atoms with Crippen molar-refractivity contribution in [1.82, 2.24) is 10.6 Å². The molecule has 0 spiro atoms. The fourth-order valence-electron chi connectivity index (χ4n) is 1.63. The predicted molar refractivity (Wildman–Crippen MR) is 86.6 cm³/mol. The molecule has 1 heterocycles. The monoisotopic (exact) mass is 338 g/mol. The van der Waals surface area contributed by atoms with Crippen LogP contribution in [0, 0.1) is 0 Å². The van der Waals surface area contributed by atoms with E-state index in [4.69, 9.17) is 16.3 Å². The number of para-hydroxylation sites is 1. The molecule has 1 aromatic heterocycles. The molecule has 7 heteroatoms. The number of ether oxygens (including phenoxy) is 1. The fourth-order valence-corrected chi connectivity index (χ4v) is 2.46. The van der Waals surface area contributed by atoms with Crippen molar-refractivity contribution in [2.75, 3.05) is 19.7 Å². The Morgan fingerprint density at radius 1 is 1.09 bits per heavy atom. The van der Waals surface area contributed by atoms with Crippen LogP contribution in [0.2, 0.25) is 5.02 Å². The second-order valence-electron chi connectivity index (χ2n) is 4.30. The first kappa shape index (κ1) is 16.3. The summed E-state index contributed by atoms with van der Waals surface area (Å²) < 4.78 is 5.31. The zero-order valence-electron chi connectivity index (χ0n) is 11.7. The zero-order chi connectivity index (χ0) is 15.8. The third-order valence-corrected chi connectivity index (χ3v) is 3.85. The number of hydrogen-bond donors (Lipinski definition) is 2. The molecule has 2 N–H and O–H groups in total. The molecule has 0 atom stereocenters. The summed E-state index contributed by atoms with van der Waals surface area (Å²) in [6.07, 6.45) is 0. The highest BCUT2D eigenvalue weighted by Gasteiger charge is 2.07. The van der Waals surface area contributed by atoms with Gasteiger partial charge in [-0.15, -0.1) is 11.3 Å². The van der Waals surface area contributed by atoms with Gasteiger partial charge in [0.2, 0.25) is 0 Å². The molecule has 0 unspecified atom stereocenters. The third kappa shape index (κ3) is 5.05. The molecule has 0 aliphatic heterocycles. The fraction of sp³-hybridized carbons (Fsp3) is 0.200. The van der Waals surface area contributed by atoms with Crippen LogP contribution in [0.25, 0.3) is 0 Å². The summed E-state index contributed by atoms with van der Waals surface area (Å²) in [4.78, 5) is 23.9. The van der Waals surface area contributed by atoms with Crippen molar-refractivity contribution in [1.29, 1.82) is 0 Å². The standard InChI is InChI=1S/C15H15ClN2O3S/c16-11-4-1-2-5-12(11)21-10-14(19)17-7-8-18-15(20)13-6-3-9-22-13/h1-6,9H,7-8,10H2,(H,17,19)(H,18,20). The maximum Gasteiger partial charge on any atom is 0.261 e. The van der Waals surface area contributed by atoms with Crippen LogP contribution in [0.5, 0.6) is 5.75 Å². The Kier molecular flexibility index (Phi) is 6.24. The van der Waals surface area contributed by atoms with Gasteiger partial charge < -0.3 is 15.4 Å². The van der Waals surface area contributed by atoms with Crippen LogP contribution in [0.1, 0.15) is 9.67 Å². The molecular weight excluding hydrogens is 324 g/mol. The topological polar surface area (TPSA) is 67.4 Å². The van der Waals surface area contributed by atoms with E-state index in [2.05, 4.69) is 10.6 Å². The molecule has 2 amide bonds. The summed E-state index contributed by atoms with van der Waals surface area (Å²) in [6, 6.07) is 10.5. The first-order valence-corrected chi connectivity index (χ1v) is 7.88. The third-order valence-electron chi connectivity index (χ3n) is 2.67. The minimum Gasteiger partial charge on any atom is -0.482 e. The molecule has 5 nitrogen and oxygen atoms in total. The van der Waals surface area contributed by atoms with Gasteiger partial charge >= 0.3 is 0 Å². The molecule has 0 bridgehead atoms. The molecule has 1 aromatic carbocycles. The van der Waals surface area contributed by atoms with Crippen molar-refractivity contribution in [2.24, 2.45) is 0 Å². The van der Waals surface area contributed by atoms with Crippen LogP contribution in [0.4, 0.5) is 0 Å². The van der Waals surface area contributed by atoms with Crippen LogP contribution in [-0.4, -0.2) is 31.5 Å². The summed E-state index contributed by atoms with van der Waals surface area (Å²) >= 11 is 7.29. The largest absolute Gasteiger partial charge is 0.482 e. The van der Waals surface area contributed by atoms with Gasteiger partial charge in [-0.25, -0.2) is 0 Å². The van der Waals surface area contributed by atoms with E-state index in [1.54, 1.807) is 30.3 Å². The minimum atomic E-state index is -0.273. The van der Waals surface area contributed by atoms with E-state index in [0.29, 0.717) is 28.7 Å². The van der Waals surface area contributed by atoms with Gasteiger partial charge in [0.25, 0.3) is 11.8 Å². The van der Waals surface area contributed by atoms with Gasteiger partial charge in [-0.05, 0) is 23.6 Å². The summed E-state index contributed by atoms with van der Waals surface area (Å²) in [6.45, 7) is 0.568. The maximum absolute atomic E-state index is 11.6. The molecule has 0 radical (unpaired) electrons. The van der Waals surface area contributed by atoms with Gasteiger partial charge in [0, 0.05) is 13.1 Å². The number of rotatable bonds is 7. The lowest BCUT2D eigenvalue weighted by Gasteiger charge is -2.09. The first-order chi connectivity index (χ1) is 10.7. The highest BCUT2D eigenvalue weighted by atomic mass is 35.5. The number of nitrogens with one attached hydrogen (secondary N) is 2. The number of hydrogen-bond acceptors (Lipinski definition) is 4. The SMILES string of the molecule is O=C(COc1ccccc1Cl)NCCNC(=O)c1cccs1. The molecule has 2 aromatic rings. The van der Waals surface area contributed by atoms with Crippen molar-refractivity contribution in [3.63, 3.8) is 0 Å². The summed E-state index contributed by atoms with van der Waals surface area (Å²) in [5, 5.41) is 7.67. The van der Waals surface area contributed by atoms with Crippen LogP contribution in [0.3, 0.4) is 0 Å². The van der Waals surface area contributed by atoms with E-state index in [0.717, 1.165) is 0 Å². The minimum absolute atomic E-state index is 0.122. The molecular formula is C15H15ClN2O3S. The van der Waals surface area contributed by atoms with Gasteiger partial charge in [0.1, 0.15) is 5.75 Å². The zero-order valence-corrected chi connectivity index (χ0v) is 13.2. The first-order valence-electron chi connectivity index (χ1n) is 6.62. The lowest BCUT2D eigenvalue weighted by atomic mass is 10.3. The lowest BCUT2D eigenvalue weighted by Crippen LogP contribution is -2.36. The van der Waals surface area contributed by atoms with Crippen LogP contribution >= 0.6 is 22.9 Å². The quantitative estimate of drug-likeness (QED) is 0.761. The van der Waals surface area contributed by atoms with Gasteiger partial charge in [0.05, 0.1) is 9.90 Å². The van der Waals surface area contributed by atoms with E-state index in [1.165, 1.54) is 11.3 Å². The molecule has 0 aliphatic carbocycles. The average molecular weight is 339 g/mol. The lowest BCUT2D eigenvalue weighted by molar-refractivity contribution is -0.123. The predicted octanol–water partition coefficient (Wildman–Crippen LogP) is 2.33. The van der Waals surface area contributed by atoms with E-state index >= 15 is 0 Å². The summed E-state index contributed by atoms with van der Waals surface area (Å²) in [7, 11) is 0. The normalized spacial score (nSPS) is 10.0. The van der Waals surface area contributed by atoms with E-state index in [-0.39, 0.29) is 18.4 Å². The Morgan fingerprint density at radius 3 is 2.59 bits per heavy atom.